The highest BCUT2D eigenvalue weighted by Crippen LogP contribution is 2.49. The van der Waals surface area contributed by atoms with Crippen molar-refractivity contribution in [2.45, 2.75) is 44.6 Å². The summed E-state index contributed by atoms with van der Waals surface area (Å²) in [7, 11) is 0. The fraction of sp³-hybridized carbons (Fsp3) is 0.867. The van der Waals surface area contributed by atoms with Gasteiger partial charge in [-0.05, 0) is 37.0 Å². The first-order valence-electron chi connectivity index (χ1n) is 7.73. The SMILES string of the molecule is O=C(O)CC1CN(C(=O)CC2CC3CCC2C3)CCO1. The van der Waals surface area contributed by atoms with E-state index in [9.17, 15) is 9.59 Å². The molecule has 0 spiro atoms. The lowest BCUT2D eigenvalue weighted by Gasteiger charge is -2.33. The Bertz CT molecular complexity index is 397. The van der Waals surface area contributed by atoms with Crippen molar-refractivity contribution in [1.82, 2.24) is 4.90 Å². The summed E-state index contributed by atoms with van der Waals surface area (Å²) in [5, 5.41) is 8.81. The van der Waals surface area contributed by atoms with Crippen molar-refractivity contribution in [1.29, 1.82) is 0 Å². The van der Waals surface area contributed by atoms with Gasteiger partial charge < -0.3 is 14.7 Å². The minimum Gasteiger partial charge on any atom is -0.481 e. The van der Waals surface area contributed by atoms with Gasteiger partial charge in [-0.15, -0.1) is 0 Å². The summed E-state index contributed by atoms with van der Waals surface area (Å²) < 4.78 is 5.41. The molecule has 4 unspecified atom stereocenters. The lowest BCUT2D eigenvalue weighted by molar-refractivity contribution is -0.148. The van der Waals surface area contributed by atoms with E-state index < -0.39 is 5.97 Å². The van der Waals surface area contributed by atoms with Crippen molar-refractivity contribution in [3.05, 3.63) is 0 Å². The van der Waals surface area contributed by atoms with E-state index in [2.05, 4.69) is 0 Å². The van der Waals surface area contributed by atoms with Crippen LogP contribution in [-0.2, 0) is 14.3 Å². The Hall–Kier alpha value is -1.10. The molecule has 3 fully saturated rings. The summed E-state index contributed by atoms with van der Waals surface area (Å²) >= 11 is 0. The number of fused-ring (bicyclic) bond motifs is 2. The monoisotopic (exact) mass is 281 g/mol. The number of nitrogens with zero attached hydrogens (tertiary/aromatic N) is 1. The van der Waals surface area contributed by atoms with Crippen LogP contribution in [0, 0.1) is 17.8 Å². The van der Waals surface area contributed by atoms with Gasteiger partial charge in [0.05, 0.1) is 19.1 Å². The van der Waals surface area contributed by atoms with Crippen molar-refractivity contribution in [3.63, 3.8) is 0 Å². The second-order valence-electron chi connectivity index (χ2n) is 6.57. The van der Waals surface area contributed by atoms with Crippen LogP contribution in [0.15, 0.2) is 0 Å². The van der Waals surface area contributed by atoms with Gasteiger partial charge in [0.25, 0.3) is 0 Å². The van der Waals surface area contributed by atoms with Crippen LogP contribution < -0.4 is 0 Å². The molecule has 1 N–H and O–H groups in total. The predicted octanol–water partition coefficient (Wildman–Crippen LogP) is 1.51. The quantitative estimate of drug-likeness (QED) is 0.848. The Morgan fingerprint density at radius 1 is 1.20 bits per heavy atom. The molecule has 5 heteroatoms. The number of morpholine rings is 1. The zero-order chi connectivity index (χ0) is 14.1. The lowest BCUT2D eigenvalue weighted by atomic mass is 9.86. The van der Waals surface area contributed by atoms with E-state index in [1.165, 1.54) is 25.7 Å². The third-order valence-corrected chi connectivity index (χ3v) is 5.22. The van der Waals surface area contributed by atoms with E-state index in [4.69, 9.17) is 9.84 Å². The van der Waals surface area contributed by atoms with Gasteiger partial charge in [0.2, 0.25) is 5.91 Å². The summed E-state index contributed by atoms with van der Waals surface area (Å²) in [6.45, 7) is 1.50. The van der Waals surface area contributed by atoms with Crippen LogP contribution in [0.25, 0.3) is 0 Å². The fourth-order valence-electron chi connectivity index (χ4n) is 4.24. The summed E-state index contributed by atoms with van der Waals surface area (Å²) in [4.78, 5) is 24.9. The average Bonchev–Trinajstić information content (AvgIpc) is 3.00. The highest BCUT2D eigenvalue weighted by Gasteiger charge is 2.41. The second kappa shape index (κ2) is 5.72. The average molecular weight is 281 g/mol. The molecular weight excluding hydrogens is 258 g/mol. The van der Waals surface area contributed by atoms with Gasteiger partial charge in [-0.3, -0.25) is 9.59 Å². The minimum absolute atomic E-state index is 0.0160. The molecule has 2 bridgehead atoms. The minimum atomic E-state index is -0.864. The van der Waals surface area contributed by atoms with Crippen molar-refractivity contribution in [3.8, 4) is 0 Å². The van der Waals surface area contributed by atoms with Crippen molar-refractivity contribution in [2.24, 2.45) is 17.8 Å². The Labute approximate surface area is 119 Å². The summed E-state index contributed by atoms with van der Waals surface area (Å²) in [6, 6.07) is 0. The number of ether oxygens (including phenoxy) is 1. The van der Waals surface area contributed by atoms with E-state index in [0.717, 1.165) is 11.8 Å². The summed E-state index contributed by atoms with van der Waals surface area (Å²) in [5.74, 6) is 1.53. The summed E-state index contributed by atoms with van der Waals surface area (Å²) in [5.41, 5.74) is 0. The smallest absolute Gasteiger partial charge is 0.306 e. The summed E-state index contributed by atoms with van der Waals surface area (Å²) in [6.07, 6.45) is 5.49. The predicted molar refractivity (Wildman–Crippen MR) is 72.1 cm³/mol. The van der Waals surface area contributed by atoms with Crippen LogP contribution in [0.5, 0.6) is 0 Å². The van der Waals surface area contributed by atoms with E-state index in [0.29, 0.717) is 32.0 Å². The first kappa shape index (κ1) is 13.9. The normalized spacial score (nSPS) is 36.3. The third-order valence-electron chi connectivity index (χ3n) is 5.22. The number of rotatable bonds is 4. The van der Waals surface area contributed by atoms with Crippen LogP contribution in [0.1, 0.15) is 38.5 Å². The van der Waals surface area contributed by atoms with Crippen LogP contribution >= 0.6 is 0 Å². The molecule has 0 radical (unpaired) electrons. The zero-order valence-electron chi connectivity index (χ0n) is 11.8. The number of carbonyl (C=O) groups excluding carboxylic acids is 1. The number of carbonyl (C=O) groups is 2. The fourth-order valence-corrected chi connectivity index (χ4v) is 4.24. The lowest BCUT2D eigenvalue weighted by Crippen LogP contribution is -2.46. The van der Waals surface area contributed by atoms with Gasteiger partial charge >= 0.3 is 5.97 Å². The molecule has 1 aliphatic heterocycles. The first-order chi connectivity index (χ1) is 9.61. The molecule has 112 valence electrons. The number of carboxylic acid groups (broad SMARTS) is 1. The Morgan fingerprint density at radius 3 is 2.70 bits per heavy atom. The largest absolute Gasteiger partial charge is 0.481 e. The number of amides is 1. The maximum absolute atomic E-state index is 12.4. The zero-order valence-corrected chi connectivity index (χ0v) is 11.8. The molecule has 4 atom stereocenters. The van der Waals surface area contributed by atoms with Crippen molar-refractivity contribution < 1.29 is 19.4 Å². The molecule has 1 saturated heterocycles. The standard InChI is InChI=1S/C15H23NO4/c17-14(7-12-6-10-1-2-11(12)5-10)16-3-4-20-13(9-16)8-15(18)19/h10-13H,1-9H2,(H,18,19). The molecule has 2 saturated carbocycles. The molecule has 2 aliphatic carbocycles. The Morgan fingerprint density at radius 2 is 2.05 bits per heavy atom. The molecular formula is C15H23NO4. The van der Waals surface area contributed by atoms with E-state index in [1.54, 1.807) is 0 Å². The van der Waals surface area contributed by atoms with E-state index in [1.807, 2.05) is 4.90 Å². The van der Waals surface area contributed by atoms with Crippen LogP contribution in [0.3, 0.4) is 0 Å². The molecule has 1 amide bonds. The molecule has 0 aromatic rings. The maximum Gasteiger partial charge on any atom is 0.306 e. The van der Waals surface area contributed by atoms with E-state index >= 15 is 0 Å². The number of carboxylic acids is 1. The molecule has 5 nitrogen and oxygen atoms in total. The van der Waals surface area contributed by atoms with Crippen molar-refractivity contribution in [2.75, 3.05) is 19.7 Å². The molecule has 3 aliphatic rings. The molecule has 20 heavy (non-hydrogen) atoms. The van der Waals surface area contributed by atoms with Gasteiger partial charge in [0, 0.05) is 19.5 Å². The first-order valence-corrected chi connectivity index (χ1v) is 7.73. The van der Waals surface area contributed by atoms with Gasteiger partial charge in [0.15, 0.2) is 0 Å². The third kappa shape index (κ3) is 2.97. The van der Waals surface area contributed by atoms with Gasteiger partial charge in [0.1, 0.15) is 0 Å². The van der Waals surface area contributed by atoms with Crippen LogP contribution in [0.2, 0.25) is 0 Å². The van der Waals surface area contributed by atoms with Crippen molar-refractivity contribution >= 4 is 11.9 Å². The molecule has 1 heterocycles. The Kier molecular flexibility index (Phi) is 3.96. The van der Waals surface area contributed by atoms with Gasteiger partial charge in [-0.1, -0.05) is 6.42 Å². The topological polar surface area (TPSA) is 66.8 Å². The van der Waals surface area contributed by atoms with Crippen LogP contribution in [-0.4, -0.2) is 47.7 Å². The number of aliphatic carboxylic acids is 1. The number of hydrogen-bond acceptors (Lipinski definition) is 3. The number of hydrogen-bond donors (Lipinski definition) is 1. The van der Waals surface area contributed by atoms with Crippen LogP contribution in [0.4, 0.5) is 0 Å². The maximum atomic E-state index is 12.4. The Balaban J connectivity index is 1.50. The molecule has 0 aromatic carbocycles. The molecule has 0 aromatic heterocycles. The second-order valence-corrected chi connectivity index (χ2v) is 6.57. The van der Waals surface area contributed by atoms with Gasteiger partial charge in [-0.2, -0.15) is 0 Å². The highest BCUT2D eigenvalue weighted by atomic mass is 16.5. The molecule has 3 rings (SSSR count). The van der Waals surface area contributed by atoms with Gasteiger partial charge in [-0.25, -0.2) is 0 Å². The highest BCUT2D eigenvalue weighted by molar-refractivity contribution is 5.77. The van der Waals surface area contributed by atoms with E-state index in [-0.39, 0.29) is 18.4 Å².